The summed E-state index contributed by atoms with van der Waals surface area (Å²) >= 11 is 0. The van der Waals surface area contributed by atoms with Crippen LogP contribution in [0.25, 0.3) is 33.4 Å². The van der Waals surface area contributed by atoms with Gasteiger partial charge in [0.05, 0.1) is 40.3 Å². The zero-order valence-corrected chi connectivity index (χ0v) is 48.0. The van der Waals surface area contributed by atoms with E-state index in [-0.39, 0.29) is 17.7 Å². The number of hydrogen-bond acceptors (Lipinski definition) is 6. The third-order valence-corrected chi connectivity index (χ3v) is 16.4. The van der Waals surface area contributed by atoms with E-state index < -0.39 is 12.3 Å². The van der Waals surface area contributed by atoms with Gasteiger partial charge in [-0.2, -0.15) is 10.5 Å². The van der Waals surface area contributed by atoms with Crippen LogP contribution in [0.15, 0.2) is 249 Å². The summed E-state index contributed by atoms with van der Waals surface area (Å²) in [5.74, 6) is 0. The molecule has 0 saturated heterocycles. The molecule has 0 spiro atoms. The Kier molecular flexibility index (Phi) is 12.5. The minimum absolute atomic E-state index is 0.193. The van der Waals surface area contributed by atoms with Gasteiger partial charge in [-0.1, -0.05) is 175 Å². The van der Waals surface area contributed by atoms with Crippen molar-refractivity contribution in [1.29, 1.82) is 10.5 Å². The van der Waals surface area contributed by atoms with E-state index in [9.17, 15) is 10.5 Å². The molecular formula is C77H63BN6. The molecule has 0 aliphatic carbocycles. The molecule has 0 saturated carbocycles. The van der Waals surface area contributed by atoms with E-state index in [0.717, 1.165) is 118 Å². The first-order valence-corrected chi connectivity index (χ1v) is 28.6. The third-order valence-electron chi connectivity index (χ3n) is 16.4. The number of hydrogen-bond donors (Lipinski definition) is 1. The summed E-state index contributed by atoms with van der Waals surface area (Å²) in [5.41, 5.74) is 21.0. The van der Waals surface area contributed by atoms with Crippen LogP contribution < -0.4 is 36.4 Å². The third kappa shape index (κ3) is 9.54. The summed E-state index contributed by atoms with van der Waals surface area (Å²) in [6.07, 6.45) is 0. The van der Waals surface area contributed by atoms with Gasteiger partial charge in [0.25, 0.3) is 6.71 Å². The van der Waals surface area contributed by atoms with Crippen molar-refractivity contribution >= 4 is 85.7 Å². The number of nitrogens with zero attached hydrogens (tertiary/aromatic N) is 5. The second-order valence-electron chi connectivity index (χ2n) is 23.9. The second-order valence-corrected chi connectivity index (χ2v) is 23.9. The number of para-hydroxylation sites is 4. The number of fused-ring (bicyclic) bond motifs is 4. The van der Waals surface area contributed by atoms with Crippen molar-refractivity contribution in [2.75, 3.05) is 20.0 Å². The van der Waals surface area contributed by atoms with Crippen molar-refractivity contribution in [2.24, 2.45) is 0 Å². The molecule has 404 valence electrons. The molecule has 2 aliphatic rings. The molecule has 0 amide bonds. The predicted octanol–water partition coefficient (Wildman–Crippen LogP) is 18.6. The highest BCUT2D eigenvalue weighted by Gasteiger charge is 2.42. The average molecular weight is 1090 g/mol. The number of aryl methyl sites for hydroxylation is 1. The lowest BCUT2D eigenvalue weighted by Gasteiger charge is -2.42. The fraction of sp³-hybridized carbons (Fsp3) is 0.117. The van der Waals surface area contributed by atoms with Crippen molar-refractivity contribution in [1.82, 2.24) is 0 Å². The lowest BCUT2D eigenvalue weighted by molar-refractivity contribution is 0.590. The summed E-state index contributed by atoms with van der Waals surface area (Å²) in [6, 6.07) is 90.3. The maximum atomic E-state index is 11.0. The molecule has 0 fully saturated rings. The Morgan fingerprint density at radius 2 is 1.00 bits per heavy atom. The van der Waals surface area contributed by atoms with Gasteiger partial charge in [-0.3, -0.25) is 0 Å². The minimum atomic E-state index is -2.49. The van der Waals surface area contributed by atoms with E-state index in [1.165, 1.54) is 0 Å². The normalized spacial score (nSPS) is 12.9. The molecule has 11 aromatic carbocycles. The Morgan fingerprint density at radius 1 is 0.440 bits per heavy atom. The summed E-state index contributed by atoms with van der Waals surface area (Å²) in [6.45, 7) is 10.4. The maximum Gasteiger partial charge on any atom is 0.252 e. The van der Waals surface area contributed by atoms with Crippen LogP contribution in [0.4, 0.5) is 62.6 Å². The van der Waals surface area contributed by atoms with Gasteiger partial charge in [0.1, 0.15) is 0 Å². The molecule has 6 nitrogen and oxygen atoms in total. The predicted molar refractivity (Wildman–Crippen MR) is 353 cm³/mol. The van der Waals surface area contributed by atoms with Crippen molar-refractivity contribution in [3.05, 3.63) is 277 Å². The van der Waals surface area contributed by atoms with Gasteiger partial charge >= 0.3 is 0 Å². The van der Waals surface area contributed by atoms with E-state index in [0.29, 0.717) is 16.8 Å². The number of nitriles is 2. The number of anilines is 11. The molecule has 13 rings (SSSR count). The SMILES string of the molecule is [2H]C([2H])([2H])c1cc2c3c(c1)N(c1ccc(C(C)(C)C)cc1-c1ccccc1)c1cc(-c4cc(C#N)cc(C(C)(C)C)c4N(c4ccccc4)c4ccccc4)ccc1B3c1ccc(-c3cc(C#N)ccc3N(c3ccccc3)c3ccccc3)cc1N2. The Morgan fingerprint density at radius 3 is 1.57 bits per heavy atom. The second kappa shape index (κ2) is 21.2. The summed E-state index contributed by atoms with van der Waals surface area (Å²) < 4.78 is 27.4. The van der Waals surface area contributed by atoms with Crippen LogP contribution in [0.3, 0.4) is 0 Å². The fourth-order valence-electron chi connectivity index (χ4n) is 12.4. The molecular weight excluding hydrogens is 1020 g/mol. The topological polar surface area (TPSA) is 69.3 Å². The van der Waals surface area contributed by atoms with E-state index >= 15 is 0 Å². The molecule has 0 radical (unpaired) electrons. The summed E-state index contributed by atoms with van der Waals surface area (Å²) in [5, 5.41) is 25.3. The Balaban J connectivity index is 1.10. The lowest BCUT2D eigenvalue weighted by Crippen LogP contribution is -2.60. The van der Waals surface area contributed by atoms with Crippen LogP contribution in [0.5, 0.6) is 0 Å². The van der Waals surface area contributed by atoms with Gasteiger partial charge in [0.2, 0.25) is 0 Å². The molecule has 1 N–H and O–H groups in total. The molecule has 0 unspecified atom stereocenters. The Hall–Kier alpha value is -10.3. The molecule has 0 aromatic heterocycles. The lowest BCUT2D eigenvalue weighted by atomic mass is 9.33. The smallest absolute Gasteiger partial charge is 0.252 e. The first kappa shape index (κ1) is 49.5. The molecule has 84 heavy (non-hydrogen) atoms. The zero-order valence-electron chi connectivity index (χ0n) is 51.0. The monoisotopic (exact) mass is 1090 g/mol. The standard InChI is InChI=1S/C77H63BN6/c1-51-41-69-74-73(42-51)84(71-40-36-57(76(2,3)4)48-63(71)54-23-13-8-14-24-54)72-47-56(64-44-53(50-80)45-65(77(5,6)7)75(64)83(60-29-19-11-20-30-60)61-31-21-12-22-32-61)35-38-67(72)78(74)66-37-34-55(46-68(66)81-69)62-43-52(49-79)33-39-70(62)82(58-25-15-9-16-26-58)59-27-17-10-18-28-59/h8-48,81H,1-7H3/i1D3. The van der Waals surface area contributed by atoms with Crippen LogP contribution in [0.2, 0.25) is 0 Å². The van der Waals surface area contributed by atoms with Gasteiger partial charge in [-0.25, -0.2) is 0 Å². The van der Waals surface area contributed by atoms with Crippen LogP contribution >= 0.6 is 0 Å². The van der Waals surface area contributed by atoms with Gasteiger partial charge < -0.3 is 20.0 Å². The van der Waals surface area contributed by atoms with Crippen LogP contribution in [0, 0.1) is 29.5 Å². The number of benzene rings is 11. The highest BCUT2D eigenvalue weighted by atomic mass is 15.2. The molecule has 2 heterocycles. The van der Waals surface area contributed by atoms with Crippen molar-refractivity contribution in [3.8, 4) is 45.5 Å². The van der Waals surface area contributed by atoms with Gasteiger partial charge in [0, 0.05) is 66.3 Å². The van der Waals surface area contributed by atoms with Gasteiger partial charge in [-0.05, 0) is 183 Å². The fourth-order valence-corrected chi connectivity index (χ4v) is 12.4. The number of rotatable bonds is 10. The van der Waals surface area contributed by atoms with Gasteiger partial charge in [-0.15, -0.1) is 0 Å². The minimum Gasteiger partial charge on any atom is -0.356 e. The molecule has 0 atom stereocenters. The highest BCUT2D eigenvalue weighted by Crippen LogP contribution is 2.51. The number of nitrogens with one attached hydrogen (secondary N) is 1. The van der Waals surface area contributed by atoms with E-state index in [1.54, 1.807) is 0 Å². The van der Waals surface area contributed by atoms with Crippen LogP contribution in [0.1, 0.15) is 73.5 Å². The van der Waals surface area contributed by atoms with E-state index in [4.69, 9.17) is 4.11 Å². The maximum absolute atomic E-state index is 11.0. The largest absolute Gasteiger partial charge is 0.356 e. The van der Waals surface area contributed by atoms with Crippen molar-refractivity contribution in [3.63, 3.8) is 0 Å². The van der Waals surface area contributed by atoms with Crippen molar-refractivity contribution < 1.29 is 4.11 Å². The quantitative estimate of drug-likeness (QED) is 0.138. The highest BCUT2D eigenvalue weighted by molar-refractivity contribution is 7.00. The zero-order chi connectivity index (χ0) is 60.4. The van der Waals surface area contributed by atoms with E-state index in [1.807, 2.05) is 97.1 Å². The Bertz CT molecular complexity index is 4450. The summed E-state index contributed by atoms with van der Waals surface area (Å²) in [7, 11) is 0. The summed E-state index contributed by atoms with van der Waals surface area (Å²) in [4.78, 5) is 6.83. The van der Waals surface area contributed by atoms with Crippen LogP contribution in [-0.2, 0) is 10.8 Å². The van der Waals surface area contributed by atoms with Crippen molar-refractivity contribution in [2.45, 2.75) is 59.2 Å². The van der Waals surface area contributed by atoms with E-state index in [2.05, 4.69) is 225 Å². The first-order chi connectivity index (χ1) is 42.0. The molecule has 2 aliphatic heterocycles. The van der Waals surface area contributed by atoms with Gasteiger partial charge in [0.15, 0.2) is 0 Å². The molecule has 11 aromatic rings. The molecule has 7 heteroatoms. The Labute approximate surface area is 499 Å². The molecule has 0 bridgehead atoms. The first-order valence-electron chi connectivity index (χ1n) is 30.1. The van der Waals surface area contributed by atoms with Crippen LogP contribution in [-0.4, -0.2) is 6.71 Å². The average Bonchev–Trinajstić information content (AvgIpc) is 0.716.